The Hall–Kier alpha value is -1.10. The number of nitrogens with zero attached hydrogens (tertiary/aromatic N) is 1. The molecule has 1 atom stereocenters. The van der Waals surface area contributed by atoms with Crippen molar-refractivity contribution >= 4 is 11.8 Å². The van der Waals surface area contributed by atoms with E-state index in [0.29, 0.717) is 6.54 Å². The van der Waals surface area contributed by atoms with Crippen molar-refractivity contribution in [3.8, 4) is 0 Å². The predicted octanol–water partition coefficient (Wildman–Crippen LogP) is 0.930. The molecule has 0 aliphatic carbocycles. The zero-order chi connectivity index (χ0) is 13.9. The van der Waals surface area contributed by atoms with Gasteiger partial charge in [-0.3, -0.25) is 9.59 Å². The first kappa shape index (κ1) is 14.3. The highest BCUT2D eigenvalue weighted by Crippen LogP contribution is 2.31. The fraction of sp³-hybridized carbons (Fsp3) is 0.857. The molecular weight excluding hydrogens is 244 g/mol. The molecule has 2 amide bonds. The maximum atomic E-state index is 12.4. The second-order valence-corrected chi connectivity index (χ2v) is 6.03. The minimum Gasteiger partial charge on any atom is -0.381 e. The third kappa shape index (κ3) is 3.47. The van der Waals surface area contributed by atoms with Crippen LogP contribution in [0.1, 0.15) is 39.5 Å². The average molecular weight is 268 g/mol. The van der Waals surface area contributed by atoms with Gasteiger partial charge in [-0.25, -0.2) is 0 Å². The summed E-state index contributed by atoms with van der Waals surface area (Å²) in [4.78, 5) is 25.8. The van der Waals surface area contributed by atoms with E-state index in [1.807, 2.05) is 6.92 Å². The summed E-state index contributed by atoms with van der Waals surface area (Å²) in [7, 11) is 0. The Morgan fingerprint density at radius 2 is 2.05 bits per heavy atom. The average Bonchev–Trinajstić information content (AvgIpc) is 2.36. The summed E-state index contributed by atoms with van der Waals surface area (Å²) in [5.41, 5.74) is 0.0856. The molecule has 2 aliphatic rings. The van der Waals surface area contributed by atoms with E-state index in [1.165, 1.54) is 0 Å². The topological polar surface area (TPSA) is 58.6 Å². The molecule has 1 N–H and O–H groups in total. The molecule has 0 spiro atoms. The smallest absolute Gasteiger partial charge is 0.245 e. The van der Waals surface area contributed by atoms with Gasteiger partial charge in [0.1, 0.15) is 6.04 Å². The Morgan fingerprint density at radius 1 is 1.37 bits per heavy atom. The van der Waals surface area contributed by atoms with Crippen LogP contribution in [0.5, 0.6) is 0 Å². The Morgan fingerprint density at radius 3 is 2.68 bits per heavy atom. The Bertz CT molecular complexity index is 351. The number of hydrogen-bond donors (Lipinski definition) is 1. The maximum absolute atomic E-state index is 12.4. The molecule has 0 aromatic carbocycles. The standard InChI is InChI=1S/C14H24N2O3/c1-3-4-11-13(18)16(9-12(17)15-11)10-14(2)5-7-19-8-6-14/h11H,3-10H2,1-2H3,(H,15,17). The van der Waals surface area contributed by atoms with Gasteiger partial charge < -0.3 is 15.0 Å². The monoisotopic (exact) mass is 268 g/mol. The van der Waals surface area contributed by atoms with Crippen LogP contribution in [0.25, 0.3) is 0 Å². The molecule has 2 fully saturated rings. The van der Waals surface area contributed by atoms with Gasteiger partial charge in [-0.2, -0.15) is 0 Å². The van der Waals surface area contributed by atoms with Crippen LogP contribution in [0.3, 0.4) is 0 Å². The second-order valence-electron chi connectivity index (χ2n) is 6.03. The number of carbonyl (C=O) groups is 2. The molecular formula is C14H24N2O3. The van der Waals surface area contributed by atoms with E-state index < -0.39 is 0 Å². The number of piperazine rings is 1. The molecule has 0 saturated carbocycles. The van der Waals surface area contributed by atoms with Crippen LogP contribution in [0.15, 0.2) is 0 Å². The molecule has 2 rings (SSSR count). The number of nitrogens with one attached hydrogen (secondary N) is 1. The molecule has 19 heavy (non-hydrogen) atoms. The van der Waals surface area contributed by atoms with Crippen molar-refractivity contribution in [3.05, 3.63) is 0 Å². The van der Waals surface area contributed by atoms with E-state index in [1.54, 1.807) is 4.90 Å². The van der Waals surface area contributed by atoms with Crippen LogP contribution in [-0.2, 0) is 14.3 Å². The molecule has 108 valence electrons. The summed E-state index contributed by atoms with van der Waals surface area (Å²) >= 11 is 0. The van der Waals surface area contributed by atoms with Gasteiger partial charge in [-0.15, -0.1) is 0 Å². The van der Waals surface area contributed by atoms with Crippen molar-refractivity contribution in [1.29, 1.82) is 0 Å². The number of ether oxygens (including phenoxy) is 1. The quantitative estimate of drug-likeness (QED) is 0.825. The van der Waals surface area contributed by atoms with Gasteiger partial charge in [0, 0.05) is 19.8 Å². The van der Waals surface area contributed by atoms with Crippen molar-refractivity contribution in [1.82, 2.24) is 10.2 Å². The molecule has 0 aromatic rings. The number of hydrogen-bond acceptors (Lipinski definition) is 3. The highest BCUT2D eigenvalue weighted by molar-refractivity contribution is 5.94. The molecule has 5 heteroatoms. The minimum absolute atomic E-state index is 0.0336. The lowest BCUT2D eigenvalue weighted by atomic mass is 9.81. The van der Waals surface area contributed by atoms with Crippen LogP contribution in [0.2, 0.25) is 0 Å². The van der Waals surface area contributed by atoms with E-state index in [0.717, 1.165) is 38.9 Å². The van der Waals surface area contributed by atoms with Gasteiger partial charge in [0.15, 0.2) is 0 Å². The summed E-state index contributed by atoms with van der Waals surface area (Å²) in [6.07, 6.45) is 3.53. The van der Waals surface area contributed by atoms with Crippen LogP contribution < -0.4 is 5.32 Å². The highest BCUT2D eigenvalue weighted by Gasteiger charge is 2.37. The summed E-state index contributed by atoms with van der Waals surface area (Å²) in [5, 5.41) is 2.79. The molecule has 5 nitrogen and oxygen atoms in total. The van der Waals surface area contributed by atoms with Crippen molar-refractivity contribution in [2.75, 3.05) is 26.3 Å². The molecule has 1 unspecified atom stereocenters. The van der Waals surface area contributed by atoms with E-state index in [4.69, 9.17) is 4.74 Å². The first-order valence-corrected chi connectivity index (χ1v) is 7.20. The largest absolute Gasteiger partial charge is 0.381 e. The minimum atomic E-state index is -0.324. The lowest BCUT2D eigenvalue weighted by molar-refractivity contribution is -0.146. The van der Waals surface area contributed by atoms with Gasteiger partial charge in [0.05, 0.1) is 6.54 Å². The summed E-state index contributed by atoms with van der Waals surface area (Å²) in [6, 6.07) is -0.324. The molecule has 0 bridgehead atoms. The van der Waals surface area contributed by atoms with Crippen molar-refractivity contribution in [2.24, 2.45) is 5.41 Å². The summed E-state index contributed by atoms with van der Waals surface area (Å²) in [5.74, 6) is 0.0443. The number of amides is 2. The number of carbonyl (C=O) groups excluding carboxylic acids is 2. The fourth-order valence-electron chi connectivity index (χ4n) is 2.87. The highest BCUT2D eigenvalue weighted by atomic mass is 16.5. The Balaban J connectivity index is 2.01. The van der Waals surface area contributed by atoms with Gasteiger partial charge in [-0.1, -0.05) is 20.3 Å². The molecule has 0 radical (unpaired) electrons. The van der Waals surface area contributed by atoms with Crippen LogP contribution in [0.4, 0.5) is 0 Å². The fourth-order valence-corrected chi connectivity index (χ4v) is 2.87. The van der Waals surface area contributed by atoms with E-state index in [-0.39, 0.29) is 29.8 Å². The van der Waals surface area contributed by atoms with Crippen molar-refractivity contribution < 1.29 is 14.3 Å². The molecule has 2 heterocycles. The lowest BCUT2D eigenvalue weighted by Crippen LogP contribution is -2.59. The molecule has 0 aromatic heterocycles. The first-order valence-electron chi connectivity index (χ1n) is 7.20. The van der Waals surface area contributed by atoms with Gasteiger partial charge in [0.25, 0.3) is 0 Å². The third-order valence-corrected chi connectivity index (χ3v) is 4.13. The first-order chi connectivity index (χ1) is 9.04. The van der Waals surface area contributed by atoms with Crippen LogP contribution in [0, 0.1) is 5.41 Å². The lowest BCUT2D eigenvalue weighted by Gasteiger charge is -2.41. The van der Waals surface area contributed by atoms with Gasteiger partial charge in [0.2, 0.25) is 11.8 Å². The summed E-state index contributed by atoms with van der Waals surface area (Å²) < 4.78 is 5.38. The zero-order valence-corrected chi connectivity index (χ0v) is 11.9. The van der Waals surface area contributed by atoms with Crippen molar-refractivity contribution in [3.63, 3.8) is 0 Å². The van der Waals surface area contributed by atoms with Crippen LogP contribution in [-0.4, -0.2) is 49.1 Å². The SMILES string of the molecule is CCCC1NC(=O)CN(CC2(C)CCOCC2)C1=O. The normalized spacial score (nSPS) is 27.3. The van der Waals surface area contributed by atoms with Gasteiger partial charge >= 0.3 is 0 Å². The Labute approximate surface area is 114 Å². The van der Waals surface area contributed by atoms with E-state index in [2.05, 4.69) is 12.2 Å². The van der Waals surface area contributed by atoms with E-state index in [9.17, 15) is 9.59 Å². The molecule has 2 aliphatic heterocycles. The molecule has 2 saturated heterocycles. The summed E-state index contributed by atoms with van der Waals surface area (Å²) in [6.45, 7) is 6.59. The van der Waals surface area contributed by atoms with Crippen LogP contribution >= 0.6 is 0 Å². The number of rotatable bonds is 4. The maximum Gasteiger partial charge on any atom is 0.245 e. The third-order valence-electron chi connectivity index (χ3n) is 4.13. The zero-order valence-electron chi connectivity index (χ0n) is 11.9. The second kappa shape index (κ2) is 5.90. The van der Waals surface area contributed by atoms with Gasteiger partial charge in [-0.05, 0) is 24.7 Å². The Kier molecular flexibility index (Phi) is 4.45. The van der Waals surface area contributed by atoms with E-state index >= 15 is 0 Å². The van der Waals surface area contributed by atoms with Crippen molar-refractivity contribution in [2.45, 2.75) is 45.6 Å². The predicted molar refractivity (Wildman–Crippen MR) is 71.6 cm³/mol.